The standard InChI is InChI=1S/C18H21NO3S/c1-3-22-18(21)14-9-6-7-11-19(14)17(20)16-12(2)13-8-4-5-10-15(13)23-16/h4-5,8,10,14H,3,6-7,9,11H2,1-2H3. The van der Waals surface area contributed by atoms with Crippen LogP contribution in [-0.2, 0) is 9.53 Å². The summed E-state index contributed by atoms with van der Waals surface area (Å²) in [6.07, 6.45) is 2.58. The molecule has 1 aromatic carbocycles. The molecule has 2 aromatic rings. The van der Waals surface area contributed by atoms with Gasteiger partial charge in [-0.3, -0.25) is 4.79 Å². The van der Waals surface area contributed by atoms with Gasteiger partial charge >= 0.3 is 5.97 Å². The fraction of sp³-hybridized carbons (Fsp3) is 0.444. The number of hydrogen-bond donors (Lipinski definition) is 0. The number of rotatable bonds is 3. The summed E-state index contributed by atoms with van der Waals surface area (Å²) in [6, 6.07) is 7.59. The Labute approximate surface area is 140 Å². The van der Waals surface area contributed by atoms with E-state index in [-0.39, 0.29) is 11.9 Å². The third-order valence-electron chi connectivity index (χ3n) is 4.36. The predicted octanol–water partition coefficient (Wildman–Crippen LogP) is 3.77. The van der Waals surface area contributed by atoms with Gasteiger partial charge < -0.3 is 9.64 Å². The van der Waals surface area contributed by atoms with Crippen LogP contribution in [0.2, 0.25) is 0 Å². The Morgan fingerprint density at radius 1 is 1.30 bits per heavy atom. The maximum Gasteiger partial charge on any atom is 0.328 e. The molecule has 4 nitrogen and oxygen atoms in total. The van der Waals surface area contributed by atoms with E-state index in [1.807, 2.05) is 31.2 Å². The van der Waals surface area contributed by atoms with E-state index >= 15 is 0 Å². The van der Waals surface area contributed by atoms with Crippen LogP contribution in [0.25, 0.3) is 10.1 Å². The van der Waals surface area contributed by atoms with Gasteiger partial charge in [0.2, 0.25) is 0 Å². The molecule has 0 saturated carbocycles. The number of ether oxygens (including phenoxy) is 1. The number of carbonyl (C=O) groups excluding carboxylic acids is 2. The number of nitrogens with zero attached hydrogens (tertiary/aromatic N) is 1. The monoisotopic (exact) mass is 331 g/mol. The first-order valence-corrected chi connectivity index (χ1v) is 8.91. The summed E-state index contributed by atoms with van der Waals surface area (Å²) in [5.41, 5.74) is 1.00. The zero-order valence-corrected chi connectivity index (χ0v) is 14.3. The number of fused-ring (bicyclic) bond motifs is 1. The van der Waals surface area contributed by atoms with Crippen LogP contribution in [-0.4, -0.2) is 36.0 Å². The van der Waals surface area contributed by atoms with E-state index in [1.54, 1.807) is 11.8 Å². The fourth-order valence-electron chi connectivity index (χ4n) is 3.17. The molecular weight excluding hydrogens is 310 g/mol. The number of thiophene rings is 1. The molecule has 1 saturated heterocycles. The number of amides is 1. The van der Waals surface area contributed by atoms with Gasteiger partial charge in [0.1, 0.15) is 6.04 Å². The SMILES string of the molecule is CCOC(=O)C1CCCCN1C(=O)c1sc2ccccc2c1C. The van der Waals surface area contributed by atoms with Crippen molar-refractivity contribution in [3.63, 3.8) is 0 Å². The molecule has 1 unspecified atom stereocenters. The minimum Gasteiger partial charge on any atom is -0.464 e. The number of piperidine rings is 1. The lowest BCUT2D eigenvalue weighted by molar-refractivity contribution is -0.149. The summed E-state index contributed by atoms with van der Waals surface area (Å²) in [5.74, 6) is -0.319. The number of benzene rings is 1. The van der Waals surface area contributed by atoms with E-state index in [9.17, 15) is 9.59 Å². The Morgan fingerprint density at radius 2 is 2.09 bits per heavy atom. The van der Waals surface area contributed by atoms with Crippen molar-refractivity contribution < 1.29 is 14.3 Å². The largest absolute Gasteiger partial charge is 0.464 e. The Kier molecular flexibility index (Phi) is 4.66. The molecule has 122 valence electrons. The van der Waals surface area contributed by atoms with Gasteiger partial charge in [0.15, 0.2) is 0 Å². The third-order valence-corrected chi connectivity index (χ3v) is 5.62. The molecule has 3 rings (SSSR count). The number of esters is 1. The molecular formula is C18H21NO3S. The number of hydrogen-bond acceptors (Lipinski definition) is 4. The van der Waals surface area contributed by atoms with Crippen LogP contribution in [0.1, 0.15) is 41.4 Å². The van der Waals surface area contributed by atoms with Crippen LogP contribution in [0.3, 0.4) is 0 Å². The Bertz CT molecular complexity index is 737. The smallest absolute Gasteiger partial charge is 0.328 e. The summed E-state index contributed by atoms with van der Waals surface area (Å²) in [5, 5.41) is 1.12. The maximum atomic E-state index is 13.0. The summed E-state index contributed by atoms with van der Waals surface area (Å²) >= 11 is 1.51. The molecule has 1 aliphatic heterocycles. The van der Waals surface area contributed by atoms with Gasteiger partial charge in [0.25, 0.3) is 5.91 Å². The third kappa shape index (κ3) is 2.98. The lowest BCUT2D eigenvalue weighted by Gasteiger charge is -2.33. The summed E-state index contributed by atoms with van der Waals surface area (Å²) in [4.78, 5) is 27.7. The Morgan fingerprint density at radius 3 is 2.83 bits per heavy atom. The molecule has 5 heteroatoms. The van der Waals surface area contributed by atoms with Crippen LogP contribution in [0.5, 0.6) is 0 Å². The molecule has 2 heterocycles. The Hall–Kier alpha value is -1.88. The molecule has 0 radical (unpaired) electrons. The van der Waals surface area contributed by atoms with Crippen molar-refractivity contribution in [3.05, 3.63) is 34.7 Å². The first-order chi connectivity index (χ1) is 11.1. The van der Waals surface area contributed by atoms with E-state index in [0.29, 0.717) is 19.6 Å². The van der Waals surface area contributed by atoms with Crippen molar-refractivity contribution in [2.75, 3.05) is 13.2 Å². The Balaban J connectivity index is 1.93. The van der Waals surface area contributed by atoms with Crippen molar-refractivity contribution >= 4 is 33.3 Å². The van der Waals surface area contributed by atoms with E-state index < -0.39 is 6.04 Å². The van der Waals surface area contributed by atoms with Gasteiger partial charge in [-0.2, -0.15) is 0 Å². The first kappa shape index (κ1) is 16.0. The van der Waals surface area contributed by atoms with Gasteiger partial charge in [0.05, 0.1) is 11.5 Å². The molecule has 1 aliphatic rings. The highest BCUT2D eigenvalue weighted by Gasteiger charge is 2.34. The average molecular weight is 331 g/mol. The van der Waals surface area contributed by atoms with Gasteiger partial charge in [-0.25, -0.2) is 4.79 Å². The highest BCUT2D eigenvalue weighted by Crippen LogP contribution is 2.33. The van der Waals surface area contributed by atoms with E-state index in [4.69, 9.17) is 4.74 Å². The lowest BCUT2D eigenvalue weighted by atomic mass is 10.0. The van der Waals surface area contributed by atoms with Gasteiger partial charge in [-0.05, 0) is 50.1 Å². The van der Waals surface area contributed by atoms with Crippen molar-refractivity contribution in [3.8, 4) is 0 Å². The van der Waals surface area contributed by atoms with Gasteiger partial charge in [-0.15, -0.1) is 11.3 Å². The van der Waals surface area contributed by atoms with Crippen molar-refractivity contribution in [1.29, 1.82) is 0 Å². The number of carbonyl (C=O) groups is 2. The van der Waals surface area contributed by atoms with Crippen LogP contribution >= 0.6 is 11.3 Å². The van der Waals surface area contributed by atoms with Gasteiger partial charge in [0, 0.05) is 11.2 Å². The number of likely N-dealkylation sites (tertiary alicyclic amines) is 1. The second-order valence-corrected chi connectivity index (χ2v) is 6.87. The second-order valence-electron chi connectivity index (χ2n) is 5.81. The minimum absolute atomic E-state index is 0.0403. The fourth-order valence-corrected chi connectivity index (χ4v) is 4.33. The highest BCUT2D eigenvalue weighted by molar-refractivity contribution is 7.21. The zero-order valence-electron chi connectivity index (χ0n) is 13.5. The first-order valence-electron chi connectivity index (χ1n) is 8.09. The summed E-state index contributed by atoms with van der Waals surface area (Å²) in [6.45, 7) is 4.74. The lowest BCUT2D eigenvalue weighted by Crippen LogP contribution is -2.48. The van der Waals surface area contributed by atoms with Crippen LogP contribution in [0, 0.1) is 6.92 Å². The van der Waals surface area contributed by atoms with E-state index in [1.165, 1.54) is 11.3 Å². The van der Waals surface area contributed by atoms with Crippen molar-refractivity contribution in [2.24, 2.45) is 0 Å². The van der Waals surface area contributed by atoms with Crippen molar-refractivity contribution in [1.82, 2.24) is 4.90 Å². The molecule has 23 heavy (non-hydrogen) atoms. The summed E-state index contributed by atoms with van der Waals surface area (Å²) < 4.78 is 6.27. The average Bonchev–Trinajstić information content (AvgIpc) is 2.92. The molecule has 0 aliphatic carbocycles. The molecule has 1 atom stereocenters. The highest BCUT2D eigenvalue weighted by atomic mass is 32.1. The minimum atomic E-state index is -0.444. The maximum absolute atomic E-state index is 13.0. The molecule has 1 aromatic heterocycles. The summed E-state index contributed by atoms with van der Waals surface area (Å²) in [7, 11) is 0. The molecule has 1 fully saturated rings. The molecule has 0 N–H and O–H groups in total. The quantitative estimate of drug-likeness (QED) is 0.804. The predicted molar refractivity (Wildman–Crippen MR) is 91.9 cm³/mol. The van der Waals surface area contributed by atoms with Crippen molar-refractivity contribution in [2.45, 2.75) is 39.2 Å². The molecule has 1 amide bonds. The zero-order chi connectivity index (χ0) is 16.4. The topological polar surface area (TPSA) is 46.6 Å². The van der Waals surface area contributed by atoms with Crippen LogP contribution < -0.4 is 0 Å². The second kappa shape index (κ2) is 6.71. The van der Waals surface area contributed by atoms with Crippen LogP contribution in [0.4, 0.5) is 0 Å². The van der Waals surface area contributed by atoms with Crippen LogP contribution in [0.15, 0.2) is 24.3 Å². The molecule has 0 bridgehead atoms. The number of aryl methyl sites for hydroxylation is 1. The normalized spacial score (nSPS) is 18.2. The van der Waals surface area contributed by atoms with E-state index in [0.717, 1.165) is 33.4 Å². The van der Waals surface area contributed by atoms with Gasteiger partial charge in [-0.1, -0.05) is 18.2 Å². The molecule has 0 spiro atoms. The van der Waals surface area contributed by atoms with E-state index in [2.05, 4.69) is 0 Å².